The zero-order chi connectivity index (χ0) is 15.0. The maximum atomic E-state index is 4.22. The number of aryl methyl sites for hydroxylation is 2. The van der Waals surface area contributed by atoms with Crippen molar-refractivity contribution in [2.75, 3.05) is 0 Å². The third kappa shape index (κ3) is 2.63. The van der Waals surface area contributed by atoms with Gasteiger partial charge in [-0.25, -0.2) is 0 Å². The maximum Gasteiger partial charge on any atom is 0.0537 e. The minimum absolute atomic E-state index is 0.267. The second-order valence-corrected chi connectivity index (χ2v) is 6.18. The Morgan fingerprint density at radius 3 is 2.71 bits per heavy atom. The van der Waals surface area contributed by atoms with Crippen molar-refractivity contribution in [3.8, 4) is 0 Å². The summed E-state index contributed by atoms with van der Waals surface area (Å²) in [5, 5.41) is 9.05. The van der Waals surface area contributed by atoms with Gasteiger partial charge < -0.3 is 9.88 Å². The summed E-state index contributed by atoms with van der Waals surface area (Å²) in [6.07, 6.45) is 3.96. The van der Waals surface area contributed by atoms with Gasteiger partial charge in [0.25, 0.3) is 0 Å². The highest BCUT2D eigenvalue weighted by atomic mass is 79.9. The Bertz CT molecular complexity index is 733. The molecule has 3 aromatic rings. The molecular formula is C16H19BrN4. The van der Waals surface area contributed by atoms with E-state index in [1.165, 1.54) is 26.6 Å². The number of fused-ring (bicyclic) bond motifs is 1. The molecule has 0 radical (unpaired) electrons. The summed E-state index contributed by atoms with van der Waals surface area (Å²) >= 11 is 3.74. The van der Waals surface area contributed by atoms with Crippen molar-refractivity contribution < 1.29 is 0 Å². The molecule has 0 amide bonds. The van der Waals surface area contributed by atoms with E-state index in [1.807, 2.05) is 24.1 Å². The summed E-state index contributed by atoms with van der Waals surface area (Å²) in [5.41, 5.74) is 3.70. The molecule has 0 bridgehead atoms. The van der Waals surface area contributed by atoms with Gasteiger partial charge >= 0.3 is 0 Å². The second-order valence-electron chi connectivity index (χ2n) is 5.39. The van der Waals surface area contributed by atoms with Crippen LogP contribution in [0.25, 0.3) is 10.9 Å². The Kier molecular flexibility index (Phi) is 3.87. The van der Waals surface area contributed by atoms with Gasteiger partial charge in [-0.3, -0.25) is 4.68 Å². The van der Waals surface area contributed by atoms with E-state index < -0.39 is 0 Å². The largest absolute Gasteiger partial charge is 0.345 e. The highest BCUT2D eigenvalue weighted by Crippen LogP contribution is 2.30. The van der Waals surface area contributed by atoms with E-state index in [2.05, 4.69) is 69.1 Å². The second kappa shape index (κ2) is 5.66. The number of nitrogens with zero attached hydrogens (tertiary/aromatic N) is 3. The van der Waals surface area contributed by atoms with Gasteiger partial charge in [0.15, 0.2) is 0 Å². The third-order valence-corrected chi connectivity index (χ3v) is 4.85. The summed E-state index contributed by atoms with van der Waals surface area (Å²) in [7, 11) is 4.05. The average Bonchev–Trinajstić information content (AvgIpc) is 3.02. The quantitative estimate of drug-likeness (QED) is 0.784. The van der Waals surface area contributed by atoms with Crippen LogP contribution in [0.3, 0.4) is 0 Å². The number of hydrogen-bond donors (Lipinski definition) is 1. The van der Waals surface area contributed by atoms with Crippen LogP contribution in [0.1, 0.15) is 24.2 Å². The Balaban J connectivity index is 1.82. The molecule has 110 valence electrons. The number of aromatic nitrogens is 3. The van der Waals surface area contributed by atoms with Crippen LogP contribution in [0.4, 0.5) is 0 Å². The highest BCUT2D eigenvalue weighted by molar-refractivity contribution is 9.10. The standard InChI is InChI=1S/C16H19BrN4/c1-11(12-8-19-20(2)10-12)18-9-15-16(17)13-6-4-5-7-14(13)21(15)3/h4-8,10-11,18H,9H2,1-3H3. The van der Waals surface area contributed by atoms with Crippen LogP contribution in [0.2, 0.25) is 0 Å². The van der Waals surface area contributed by atoms with Crippen LogP contribution in [-0.2, 0) is 20.6 Å². The first-order valence-electron chi connectivity index (χ1n) is 7.01. The smallest absolute Gasteiger partial charge is 0.0537 e. The molecule has 3 rings (SSSR count). The number of hydrogen-bond acceptors (Lipinski definition) is 2. The summed E-state index contributed by atoms with van der Waals surface area (Å²) in [4.78, 5) is 0. The minimum Gasteiger partial charge on any atom is -0.345 e. The van der Waals surface area contributed by atoms with Crippen LogP contribution in [-0.4, -0.2) is 14.3 Å². The topological polar surface area (TPSA) is 34.8 Å². The number of para-hydroxylation sites is 1. The van der Waals surface area contributed by atoms with E-state index in [4.69, 9.17) is 0 Å². The van der Waals surface area contributed by atoms with Gasteiger partial charge in [-0.2, -0.15) is 5.10 Å². The molecular weight excluding hydrogens is 328 g/mol. The Hall–Kier alpha value is -1.59. The van der Waals surface area contributed by atoms with Crippen molar-refractivity contribution in [1.82, 2.24) is 19.7 Å². The maximum absolute atomic E-state index is 4.22. The summed E-state index contributed by atoms with van der Waals surface area (Å²) < 4.78 is 5.24. The predicted octanol–water partition coefficient (Wildman–Crippen LogP) is 3.53. The van der Waals surface area contributed by atoms with E-state index in [0.29, 0.717) is 0 Å². The van der Waals surface area contributed by atoms with Crippen LogP contribution in [0.15, 0.2) is 41.1 Å². The van der Waals surface area contributed by atoms with Crippen LogP contribution in [0.5, 0.6) is 0 Å². The molecule has 2 heterocycles. The fraction of sp³-hybridized carbons (Fsp3) is 0.312. The molecule has 21 heavy (non-hydrogen) atoms. The molecule has 1 unspecified atom stereocenters. The molecule has 0 fully saturated rings. The number of halogens is 1. The lowest BCUT2D eigenvalue weighted by Crippen LogP contribution is -2.19. The number of rotatable bonds is 4. The fourth-order valence-electron chi connectivity index (χ4n) is 2.63. The van der Waals surface area contributed by atoms with Gasteiger partial charge in [0.1, 0.15) is 0 Å². The summed E-state index contributed by atoms with van der Waals surface area (Å²) in [5.74, 6) is 0. The number of nitrogens with one attached hydrogen (secondary N) is 1. The lowest BCUT2D eigenvalue weighted by Gasteiger charge is -2.13. The molecule has 5 heteroatoms. The van der Waals surface area contributed by atoms with Gasteiger partial charge in [0, 0.05) is 59.5 Å². The van der Waals surface area contributed by atoms with E-state index in [0.717, 1.165) is 6.54 Å². The molecule has 0 saturated heterocycles. The lowest BCUT2D eigenvalue weighted by molar-refractivity contribution is 0.558. The van der Waals surface area contributed by atoms with Gasteiger partial charge in [0.2, 0.25) is 0 Å². The average molecular weight is 347 g/mol. The van der Waals surface area contributed by atoms with Crippen molar-refractivity contribution in [1.29, 1.82) is 0 Å². The van der Waals surface area contributed by atoms with Gasteiger partial charge in [-0.05, 0) is 28.9 Å². The first kappa shape index (κ1) is 14.4. The first-order valence-corrected chi connectivity index (χ1v) is 7.81. The summed E-state index contributed by atoms with van der Waals surface area (Å²) in [6.45, 7) is 2.97. The summed E-state index contributed by atoms with van der Waals surface area (Å²) in [6, 6.07) is 8.71. The highest BCUT2D eigenvalue weighted by Gasteiger charge is 2.14. The lowest BCUT2D eigenvalue weighted by atomic mass is 10.2. The van der Waals surface area contributed by atoms with Gasteiger partial charge in [-0.1, -0.05) is 18.2 Å². The zero-order valence-electron chi connectivity index (χ0n) is 12.5. The molecule has 0 aliphatic carbocycles. The van der Waals surface area contributed by atoms with Gasteiger partial charge in [0.05, 0.1) is 6.20 Å². The van der Waals surface area contributed by atoms with E-state index in [9.17, 15) is 0 Å². The number of benzene rings is 1. The van der Waals surface area contributed by atoms with Gasteiger partial charge in [-0.15, -0.1) is 0 Å². The normalized spacial score (nSPS) is 13.0. The monoisotopic (exact) mass is 346 g/mol. The van der Waals surface area contributed by atoms with Crippen molar-refractivity contribution in [3.05, 3.63) is 52.4 Å². The molecule has 1 atom stereocenters. The van der Waals surface area contributed by atoms with Crippen LogP contribution in [0, 0.1) is 0 Å². The van der Waals surface area contributed by atoms with Crippen LogP contribution < -0.4 is 5.32 Å². The molecule has 1 aromatic carbocycles. The third-order valence-electron chi connectivity index (χ3n) is 3.96. The Morgan fingerprint density at radius 1 is 1.29 bits per heavy atom. The zero-order valence-corrected chi connectivity index (χ0v) is 14.1. The first-order chi connectivity index (χ1) is 10.1. The molecule has 1 N–H and O–H groups in total. The molecule has 0 spiro atoms. The minimum atomic E-state index is 0.267. The van der Waals surface area contributed by atoms with Crippen molar-refractivity contribution >= 4 is 26.8 Å². The predicted molar refractivity (Wildman–Crippen MR) is 89.1 cm³/mol. The van der Waals surface area contributed by atoms with E-state index in [-0.39, 0.29) is 6.04 Å². The molecule has 2 aromatic heterocycles. The van der Waals surface area contributed by atoms with Crippen molar-refractivity contribution in [2.45, 2.75) is 19.5 Å². The van der Waals surface area contributed by atoms with Crippen molar-refractivity contribution in [3.63, 3.8) is 0 Å². The molecule has 0 saturated carbocycles. The van der Waals surface area contributed by atoms with Crippen molar-refractivity contribution in [2.24, 2.45) is 14.1 Å². The van der Waals surface area contributed by atoms with E-state index in [1.54, 1.807) is 0 Å². The fourth-order valence-corrected chi connectivity index (χ4v) is 3.37. The molecule has 4 nitrogen and oxygen atoms in total. The molecule has 0 aliphatic heterocycles. The van der Waals surface area contributed by atoms with Crippen LogP contribution >= 0.6 is 15.9 Å². The molecule has 0 aliphatic rings. The van der Waals surface area contributed by atoms with E-state index >= 15 is 0 Å². The Morgan fingerprint density at radius 2 is 2.05 bits per heavy atom. The SMILES string of the molecule is CC(NCc1c(Br)c2ccccc2n1C)c1cnn(C)c1. The Labute approximate surface area is 132 Å².